The van der Waals surface area contributed by atoms with Crippen molar-refractivity contribution < 1.29 is 14.3 Å². The van der Waals surface area contributed by atoms with Gasteiger partial charge < -0.3 is 9.47 Å². The van der Waals surface area contributed by atoms with Crippen LogP contribution in [0.2, 0.25) is 0 Å². The zero-order valence-electron chi connectivity index (χ0n) is 11.7. The Bertz CT molecular complexity index is 563. The SMILES string of the molecule is COC(=O)C(C)Oc1ccccc1Cc1ccccc1. The molecule has 0 radical (unpaired) electrons. The number of esters is 1. The minimum Gasteiger partial charge on any atom is -0.479 e. The van der Waals surface area contributed by atoms with Gasteiger partial charge in [0.2, 0.25) is 0 Å². The van der Waals surface area contributed by atoms with Crippen molar-refractivity contribution in [2.45, 2.75) is 19.4 Å². The number of hydrogen-bond acceptors (Lipinski definition) is 3. The lowest BCUT2D eigenvalue weighted by molar-refractivity contribution is -0.147. The van der Waals surface area contributed by atoms with E-state index in [1.54, 1.807) is 6.92 Å². The molecule has 0 aliphatic carbocycles. The second-order valence-corrected chi connectivity index (χ2v) is 4.55. The molecular weight excluding hydrogens is 252 g/mol. The van der Waals surface area contributed by atoms with Gasteiger partial charge in [-0.15, -0.1) is 0 Å². The van der Waals surface area contributed by atoms with E-state index in [4.69, 9.17) is 4.74 Å². The molecule has 0 saturated carbocycles. The van der Waals surface area contributed by atoms with Crippen molar-refractivity contribution in [1.29, 1.82) is 0 Å². The molecule has 2 aromatic carbocycles. The second-order valence-electron chi connectivity index (χ2n) is 4.55. The Labute approximate surface area is 119 Å². The van der Waals surface area contributed by atoms with Crippen molar-refractivity contribution in [3.63, 3.8) is 0 Å². The van der Waals surface area contributed by atoms with E-state index in [-0.39, 0.29) is 5.97 Å². The van der Waals surface area contributed by atoms with E-state index in [2.05, 4.69) is 16.9 Å². The molecule has 0 N–H and O–H groups in total. The minimum absolute atomic E-state index is 0.375. The van der Waals surface area contributed by atoms with Gasteiger partial charge in [-0.25, -0.2) is 4.79 Å². The largest absolute Gasteiger partial charge is 0.479 e. The van der Waals surface area contributed by atoms with Crippen molar-refractivity contribution in [2.75, 3.05) is 7.11 Å². The first-order valence-corrected chi connectivity index (χ1v) is 6.57. The summed E-state index contributed by atoms with van der Waals surface area (Å²) in [4.78, 5) is 11.4. The first-order valence-electron chi connectivity index (χ1n) is 6.57. The van der Waals surface area contributed by atoms with Gasteiger partial charge in [-0.05, 0) is 24.1 Å². The third-order valence-corrected chi connectivity index (χ3v) is 3.05. The van der Waals surface area contributed by atoms with Gasteiger partial charge in [0, 0.05) is 6.42 Å². The summed E-state index contributed by atoms with van der Waals surface area (Å²) >= 11 is 0. The van der Waals surface area contributed by atoms with Crippen molar-refractivity contribution in [3.8, 4) is 5.75 Å². The summed E-state index contributed by atoms with van der Waals surface area (Å²) in [6.07, 6.45) is 0.155. The molecule has 3 heteroatoms. The molecule has 3 nitrogen and oxygen atoms in total. The Hall–Kier alpha value is -2.29. The van der Waals surface area contributed by atoms with Crippen molar-refractivity contribution >= 4 is 5.97 Å². The highest BCUT2D eigenvalue weighted by Crippen LogP contribution is 2.22. The summed E-state index contributed by atoms with van der Waals surface area (Å²) in [6.45, 7) is 1.69. The van der Waals surface area contributed by atoms with Crippen LogP contribution in [0.5, 0.6) is 5.75 Å². The smallest absolute Gasteiger partial charge is 0.346 e. The van der Waals surface area contributed by atoms with E-state index >= 15 is 0 Å². The average molecular weight is 270 g/mol. The van der Waals surface area contributed by atoms with Gasteiger partial charge in [0.25, 0.3) is 0 Å². The van der Waals surface area contributed by atoms with E-state index in [9.17, 15) is 4.79 Å². The summed E-state index contributed by atoms with van der Waals surface area (Å²) < 4.78 is 10.4. The first kappa shape index (κ1) is 14.1. The molecule has 2 aromatic rings. The molecule has 1 unspecified atom stereocenters. The Morgan fingerprint density at radius 2 is 1.70 bits per heavy atom. The fourth-order valence-electron chi connectivity index (χ4n) is 1.99. The van der Waals surface area contributed by atoms with Crippen molar-refractivity contribution in [3.05, 3.63) is 65.7 Å². The van der Waals surface area contributed by atoms with Gasteiger partial charge in [0.15, 0.2) is 6.10 Å². The molecule has 0 fully saturated rings. The van der Waals surface area contributed by atoms with Crippen LogP contribution in [-0.4, -0.2) is 19.2 Å². The molecule has 0 aromatic heterocycles. The molecule has 2 rings (SSSR count). The Balaban J connectivity index is 2.16. The summed E-state index contributed by atoms with van der Waals surface area (Å²) in [7, 11) is 1.36. The van der Waals surface area contributed by atoms with Crippen LogP contribution in [0, 0.1) is 0 Å². The quantitative estimate of drug-likeness (QED) is 0.783. The van der Waals surface area contributed by atoms with Crippen LogP contribution in [0.3, 0.4) is 0 Å². The summed E-state index contributed by atoms with van der Waals surface area (Å²) in [5.74, 6) is 0.341. The van der Waals surface area contributed by atoms with Gasteiger partial charge in [-0.1, -0.05) is 48.5 Å². The van der Waals surface area contributed by atoms with Gasteiger partial charge in [0.1, 0.15) is 5.75 Å². The molecule has 0 heterocycles. The van der Waals surface area contributed by atoms with E-state index in [1.807, 2.05) is 42.5 Å². The highest BCUT2D eigenvalue weighted by molar-refractivity contribution is 5.74. The second kappa shape index (κ2) is 6.75. The third-order valence-electron chi connectivity index (χ3n) is 3.05. The molecule has 0 amide bonds. The van der Waals surface area contributed by atoms with Crippen LogP contribution in [0.4, 0.5) is 0 Å². The number of benzene rings is 2. The third kappa shape index (κ3) is 3.60. The summed E-state index contributed by atoms with van der Waals surface area (Å²) in [5.41, 5.74) is 2.25. The van der Waals surface area contributed by atoms with Crippen LogP contribution in [0.1, 0.15) is 18.1 Å². The molecule has 104 valence electrons. The topological polar surface area (TPSA) is 35.5 Å². The first-order chi connectivity index (χ1) is 9.70. The number of para-hydroxylation sites is 1. The standard InChI is InChI=1S/C17H18O3/c1-13(17(18)19-2)20-16-11-7-6-10-15(16)12-14-8-4-3-5-9-14/h3-11,13H,12H2,1-2H3. The fraction of sp³-hybridized carbons (Fsp3) is 0.235. The minimum atomic E-state index is -0.614. The lowest BCUT2D eigenvalue weighted by Gasteiger charge is -2.15. The van der Waals surface area contributed by atoms with Crippen molar-refractivity contribution in [2.24, 2.45) is 0 Å². The van der Waals surface area contributed by atoms with Crippen LogP contribution in [0.15, 0.2) is 54.6 Å². The molecule has 0 saturated heterocycles. The number of methoxy groups -OCH3 is 1. The lowest BCUT2D eigenvalue weighted by Crippen LogP contribution is -2.25. The molecule has 0 bridgehead atoms. The highest BCUT2D eigenvalue weighted by atomic mass is 16.6. The average Bonchev–Trinajstić information content (AvgIpc) is 2.49. The predicted octanol–water partition coefficient (Wildman–Crippen LogP) is 3.22. The number of carbonyl (C=O) groups is 1. The van der Waals surface area contributed by atoms with Crippen LogP contribution in [-0.2, 0) is 16.0 Å². The number of carbonyl (C=O) groups excluding carboxylic acids is 1. The van der Waals surface area contributed by atoms with E-state index in [0.29, 0.717) is 5.75 Å². The molecule has 0 aliphatic heterocycles. The Kier molecular flexibility index (Phi) is 4.77. The van der Waals surface area contributed by atoms with Gasteiger partial charge in [-0.3, -0.25) is 0 Å². The predicted molar refractivity (Wildman–Crippen MR) is 77.8 cm³/mol. The maximum absolute atomic E-state index is 11.4. The molecule has 0 aliphatic rings. The summed E-state index contributed by atoms with van der Waals surface area (Å²) in [6, 6.07) is 17.9. The van der Waals surface area contributed by atoms with Crippen LogP contribution in [0.25, 0.3) is 0 Å². The fourth-order valence-corrected chi connectivity index (χ4v) is 1.99. The maximum Gasteiger partial charge on any atom is 0.346 e. The van der Waals surface area contributed by atoms with E-state index < -0.39 is 6.10 Å². The Morgan fingerprint density at radius 1 is 1.05 bits per heavy atom. The monoisotopic (exact) mass is 270 g/mol. The Morgan fingerprint density at radius 3 is 2.40 bits per heavy atom. The van der Waals surface area contributed by atoms with Gasteiger partial charge >= 0.3 is 5.97 Å². The molecule has 1 atom stereocenters. The van der Waals surface area contributed by atoms with Gasteiger partial charge in [-0.2, -0.15) is 0 Å². The van der Waals surface area contributed by atoms with E-state index in [0.717, 1.165) is 12.0 Å². The molecular formula is C17H18O3. The van der Waals surface area contributed by atoms with Crippen LogP contribution >= 0.6 is 0 Å². The molecule has 20 heavy (non-hydrogen) atoms. The number of rotatable bonds is 5. The normalized spacial score (nSPS) is 11.7. The van der Waals surface area contributed by atoms with Gasteiger partial charge in [0.05, 0.1) is 7.11 Å². The molecule has 0 spiro atoms. The highest BCUT2D eigenvalue weighted by Gasteiger charge is 2.16. The van der Waals surface area contributed by atoms with Crippen molar-refractivity contribution in [1.82, 2.24) is 0 Å². The zero-order valence-corrected chi connectivity index (χ0v) is 11.7. The zero-order chi connectivity index (χ0) is 14.4. The van der Waals surface area contributed by atoms with E-state index in [1.165, 1.54) is 12.7 Å². The van der Waals surface area contributed by atoms with Crippen LogP contribution < -0.4 is 4.74 Å². The lowest BCUT2D eigenvalue weighted by atomic mass is 10.0. The maximum atomic E-state index is 11.4. The number of ether oxygens (including phenoxy) is 2. The summed E-state index contributed by atoms with van der Waals surface area (Å²) in [5, 5.41) is 0. The number of hydrogen-bond donors (Lipinski definition) is 0.